The fraction of sp³-hybridized carbons (Fsp3) is 1.00. The van der Waals surface area contributed by atoms with E-state index < -0.39 is 30.6 Å². The molecule has 2 unspecified atom stereocenters. The average Bonchev–Trinajstić information content (AvgIpc) is 2.15. The van der Waals surface area contributed by atoms with Crippen LogP contribution in [-0.4, -0.2) is 12.9 Å². The van der Waals surface area contributed by atoms with Crippen LogP contribution >= 0.6 is 0 Å². The molecule has 0 spiro atoms. The van der Waals surface area contributed by atoms with Gasteiger partial charge in [-0.15, -0.1) is 0 Å². The minimum Gasteiger partial charge on any atom is -0.210 e. The molecule has 16 heavy (non-hydrogen) atoms. The van der Waals surface area contributed by atoms with Crippen molar-refractivity contribution < 1.29 is 20.3 Å². The molecular formula is C12H24F4. The molecule has 0 aliphatic rings. The second kappa shape index (κ2) is 8.82. The van der Waals surface area contributed by atoms with Gasteiger partial charge >= 0.3 is 0 Å². The van der Waals surface area contributed by atoms with E-state index in [2.05, 4.69) is 0 Å². The van der Waals surface area contributed by atoms with Gasteiger partial charge in [-0.05, 0) is 11.8 Å². The molecule has 0 saturated carbocycles. The maximum absolute atomic E-state index is 11.9. The smallest absolute Gasteiger partial charge is 0.210 e. The molecule has 0 fully saturated rings. The Labute approximate surface area is 99.2 Å². The van der Waals surface area contributed by atoms with E-state index in [4.69, 9.17) is 2.74 Å². The zero-order valence-electron chi connectivity index (χ0n) is 12.8. The summed E-state index contributed by atoms with van der Waals surface area (Å²) >= 11 is 0. The lowest BCUT2D eigenvalue weighted by Gasteiger charge is -2.12. The van der Waals surface area contributed by atoms with Gasteiger partial charge in [-0.2, -0.15) is 0 Å². The van der Waals surface area contributed by atoms with E-state index in [0.717, 1.165) is 0 Å². The van der Waals surface area contributed by atoms with Gasteiger partial charge in [0.05, 0.1) is 0 Å². The molecule has 0 amide bonds. The van der Waals surface area contributed by atoms with E-state index in [1.54, 1.807) is 13.8 Å². The Morgan fingerprint density at radius 3 is 1.12 bits per heavy atom. The lowest BCUT2D eigenvalue weighted by Crippen LogP contribution is -2.12. The molecule has 2 atom stereocenters. The Morgan fingerprint density at radius 2 is 1.12 bits per heavy atom. The normalized spacial score (nSPS) is 19.8. The molecule has 4 heteroatoms. The predicted molar refractivity (Wildman–Crippen MR) is 60.0 cm³/mol. The van der Waals surface area contributed by atoms with Gasteiger partial charge in [0.1, 0.15) is 0 Å². The molecule has 0 aromatic carbocycles. The summed E-state index contributed by atoms with van der Waals surface area (Å²) in [4.78, 5) is 0. The van der Waals surface area contributed by atoms with Crippen molar-refractivity contribution in [1.29, 1.82) is 0 Å². The Hall–Kier alpha value is -0.280. The minimum absolute atomic E-state index is 0.294. The summed E-state index contributed by atoms with van der Waals surface area (Å²) in [5.74, 6) is -3.75. The van der Waals surface area contributed by atoms with Gasteiger partial charge in [0.2, 0.25) is 12.9 Å². The van der Waals surface area contributed by atoms with Gasteiger partial charge in [0, 0.05) is 14.6 Å². The van der Waals surface area contributed by atoms with Gasteiger partial charge in [-0.3, -0.25) is 0 Å². The van der Waals surface area contributed by atoms with Crippen molar-refractivity contribution >= 4 is 0 Å². The van der Waals surface area contributed by atoms with Gasteiger partial charge in [-0.1, -0.05) is 41.5 Å². The lowest BCUT2D eigenvalue weighted by atomic mass is 9.99. The van der Waals surface area contributed by atoms with Gasteiger partial charge in [0.15, 0.2) is 0 Å². The van der Waals surface area contributed by atoms with Gasteiger partial charge < -0.3 is 0 Å². The van der Waals surface area contributed by atoms with Crippen molar-refractivity contribution in [1.82, 2.24) is 0 Å². The molecule has 0 nitrogen and oxygen atoms in total. The summed E-state index contributed by atoms with van der Waals surface area (Å²) in [6.07, 6.45) is -4.92. The molecule has 0 aromatic heterocycles. The topological polar surface area (TPSA) is 0 Å². The van der Waals surface area contributed by atoms with Crippen LogP contribution in [0.5, 0.6) is 0 Å². The first-order valence-electron chi connectivity index (χ1n) is 6.30. The number of halogens is 4. The molecule has 0 N–H and O–H groups in total. The third-order valence-electron chi connectivity index (χ3n) is 2.54. The van der Waals surface area contributed by atoms with Crippen molar-refractivity contribution in [3.05, 3.63) is 0 Å². The van der Waals surface area contributed by atoms with Gasteiger partial charge in [0.25, 0.3) is 0 Å². The Morgan fingerprint density at radius 1 is 0.750 bits per heavy atom. The maximum atomic E-state index is 11.9. The highest BCUT2D eigenvalue weighted by molar-refractivity contribution is 4.58. The summed E-state index contributed by atoms with van der Waals surface area (Å²) in [6, 6.07) is 0. The van der Waals surface area contributed by atoms with Crippen LogP contribution in [0, 0.1) is 23.6 Å². The van der Waals surface area contributed by atoms with E-state index in [0.29, 0.717) is 0 Å². The Kier molecular flexibility index (Phi) is 7.60. The molecule has 0 heterocycles. The number of alkyl halides is 4. The first-order chi connectivity index (χ1) is 7.74. The second-order valence-corrected chi connectivity index (χ2v) is 4.40. The molecule has 0 aliphatic carbocycles. The van der Waals surface area contributed by atoms with E-state index in [1.165, 1.54) is 27.7 Å². The summed E-state index contributed by atoms with van der Waals surface area (Å²) < 4.78 is 61.6. The van der Waals surface area contributed by atoms with Crippen molar-refractivity contribution in [3.8, 4) is 0 Å². The van der Waals surface area contributed by atoms with E-state index >= 15 is 0 Å². The standard InChI is InChI=1S/2C6H12F2/c2*1-4(2)5(3)6(7)8/h2*4-6H,1-3H3/i5D;4D. The zero-order valence-corrected chi connectivity index (χ0v) is 10.8. The first kappa shape index (κ1) is 13.8. The number of hydrogen-bond donors (Lipinski definition) is 0. The highest BCUT2D eigenvalue weighted by Crippen LogP contribution is 2.18. The highest BCUT2D eigenvalue weighted by Gasteiger charge is 2.17. The summed E-state index contributed by atoms with van der Waals surface area (Å²) in [5, 5.41) is 0. The van der Waals surface area contributed by atoms with Crippen LogP contribution in [0.3, 0.4) is 0 Å². The van der Waals surface area contributed by atoms with Crippen LogP contribution in [0.15, 0.2) is 0 Å². The molecule has 0 radical (unpaired) electrons. The summed E-state index contributed by atoms with van der Waals surface area (Å²) in [6.45, 7) is 8.87. The molecule has 0 aromatic rings. The van der Waals surface area contributed by atoms with Crippen LogP contribution in [0.2, 0.25) is 0 Å². The fourth-order valence-corrected chi connectivity index (χ4v) is 0.504. The summed E-state index contributed by atoms with van der Waals surface area (Å²) in [5.41, 5.74) is 0. The van der Waals surface area contributed by atoms with Crippen LogP contribution in [0.1, 0.15) is 44.3 Å². The predicted octanol–water partition coefficient (Wildman–Crippen LogP) is 5.09. The molecule has 100 valence electrons. The molecular weight excluding hydrogens is 220 g/mol. The monoisotopic (exact) mass is 246 g/mol. The zero-order chi connectivity index (χ0) is 15.3. The molecule has 0 saturated heterocycles. The third-order valence-corrected chi connectivity index (χ3v) is 2.54. The summed E-state index contributed by atoms with van der Waals surface area (Å²) in [7, 11) is 0. The van der Waals surface area contributed by atoms with Crippen LogP contribution in [-0.2, 0) is 0 Å². The molecule has 0 rings (SSSR count). The third kappa shape index (κ3) is 8.98. The van der Waals surface area contributed by atoms with E-state index in [1.807, 2.05) is 0 Å². The molecule has 0 bridgehead atoms. The van der Waals surface area contributed by atoms with Crippen molar-refractivity contribution in [3.63, 3.8) is 0 Å². The first-order valence-corrected chi connectivity index (χ1v) is 5.30. The van der Waals surface area contributed by atoms with Crippen molar-refractivity contribution in [2.45, 2.75) is 54.4 Å². The second-order valence-electron chi connectivity index (χ2n) is 4.40. The molecule has 0 aliphatic heterocycles. The number of rotatable bonds is 4. The Bertz CT molecular complexity index is 213. The van der Waals surface area contributed by atoms with Gasteiger partial charge in [-0.25, -0.2) is 17.6 Å². The average molecular weight is 246 g/mol. The van der Waals surface area contributed by atoms with Crippen molar-refractivity contribution in [2.24, 2.45) is 23.6 Å². The highest BCUT2D eigenvalue weighted by atomic mass is 19.3. The van der Waals surface area contributed by atoms with Crippen molar-refractivity contribution in [2.75, 3.05) is 0 Å². The largest absolute Gasteiger partial charge is 0.241 e. The fourth-order valence-electron chi connectivity index (χ4n) is 0.504. The minimum atomic E-state index is -2.54. The van der Waals surface area contributed by atoms with Crippen LogP contribution in [0.4, 0.5) is 17.6 Å². The maximum Gasteiger partial charge on any atom is 0.241 e. The SMILES string of the molecule is [2H]C(C)(C(C)C)C(F)F.[2H]C(C)(C)C(C)C(F)F. The van der Waals surface area contributed by atoms with E-state index in [-0.39, 0.29) is 5.92 Å². The number of hydrogen-bond acceptors (Lipinski definition) is 0. The van der Waals surface area contributed by atoms with E-state index in [9.17, 15) is 17.6 Å². The Balaban J connectivity index is 0. The van der Waals surface area contributed by atoms with Crippen LogP contribution in [0.25, 0.3) is 0 Å². The van der Waals surface area contributed by atoms with Crippen LogP contribution < -0.4 is 0 Å². The lowest BCUT2D eigenvalue weighted by molar-refractivity contribution is 0.0622. The quantitative estimate of drug-likeness (QED) is 0.606.